The molecule has 130 valence electrons. The van der Waals surface area contributed by atoms with Crippen LogP contribution in [-0.4, -0.2) is 40.3 Å². The summed E-state index contributed by atoms with van der Waals surface area (Å²) in [6, 6.07) is 2.10. The van der Waals surface area contributed by atoms with Crippen molar-refractivity contribution in [1.82, 2.24) is 25.4 Å². The standard InChI is InChI=1S/C17H25N5OS/c1-2-15-20-21-16-4-3-14(11-22(15)16)9-18-10-17(23)19-7-5-13-6-8-24-12-13/h6,8,12,14,18H,2-5,7,9-11H2,1H3,(H,19,23)/t14-/m0/s1. The Labute approximate surface area is 146 Å². The van der Waals surface area contributed by atoms with Crippen LogP contribution in [0, 0.1) is 5.92 Å². The van der Waals surface area contributed by atoms with Crippen LogP contribution in [0.3, 0.4) is 0 Å². The van der Waals surface area contributed by atoms with E-state index >= 15 is 0 Å². The summed E-state index contributed by atoms with van der Waals surface area (Å²) in [6.07, 6.45) is 3.90. The van der Waals surface area contributed by atoms with Gasteiger partial charge < -0.3 is 15.2 Å². The molecule has 2 aromatic rings. The molecule has 0 spiro atoms. The van der Waals surface area contributed by atoms with Gasteiger partial charge in [0, 0.05) is 32.5 Å². The molecule has 0 saturated heterocycles. The second-order valence-corrected chi connectivity index (χ2v) is 7.04. The van der Waals surface area contributed by atoms with Crippen molar-refractivity contribution in [2.24, 2.45) is 5.92 Å². The van der Waals surface area contributed by atoms with Gasteiger partial charge in [0.2, 0.25) is 5.91 Å². The minimum Gasteiger partial charge on any atom is -0.355 e. The van der Waals surface area contributed by atoms with E-state index in [-0.39, 0.29) is 5.91 Å². The van der Waals surface area contributed by atoms with E-state index < -0.39 is 0 Å². The van der Waals surface area contributed by atoms with Gasteiger partial charge in [-0.2, -0.15) is 11.3 Å². The topological polar surface area (TPSA) is 71.8 Å². The molecule has 0 unspecified atom stereocenters. The third-order valence-electron chi connectivity index (χ3n) is 4.47. The molecular formula is C17H25N5OS. The zero-order valence-corrected chi connectivity index (χ0v) is 14.9. The lowest BCUT2D eigenvalue weighted by atomic mass is 9.99. The molecule has 0 radical (unpaired) electrons. The number of amides is 1. The fourth-order valence-corrected chi connectivity index (χ4v) is 3.82. The van der Waals surface area contributed by atoms with Crippen LogP contribution in [0.25, 0.3) is 0 Å². The molecule has 7 heteroatoms. The van der Waals surface area contributed by atoms with Crippen LogP contribution >= 0.6 is 11.3 Å². The maximum absolute atomic E-state index is 11.9. The molecule has 24 heavy (non-hydrogen) atoms. The van der Waals surface area contributed by atoms with Gasteiger partial charge in [-0.1, -0.05) is 6.92 Å². The summed E-state index contributed by atoms with van der Waals surface area (Å²) in [4.78, 5) is 11.9. The number of aryl methyl sites for hydroxylation is 2. The third-order valence-corrected chi connectivity index (χ3v) is 5.20. The second-order valence-electron chi connectivity index (χ2n) is 6.26. The lowest BCUT2D eigenvalue weighted by Gasteiger charge is -2.24. The molecule has 3 rings (SSSR count). The van der Waals surface area contributed by atoms with Gasteiger partial charge in [0.05, 0.1) is 6.54 Å². The molecular weight excluding hydrogens is 322 g/mol. The molecule has 0 aliphatic carbocycles. The van der Waals surface area contributed by atoms with Crippen molar-refractivity contribution >= 4 is 17.2 Å². The van der Waals surface area contributed by atoms with E-state index in [9.17, 15) is 4.79 Å². The highest BCUT2D eigenvalue weighted by Gasteiger charge is 2.22. The number of hydrogen-bond donors (Lipinski definition) is 2. The van der Waals surface area contributed by atoms with Gasteiger partial charge in [-0.3, -0.25) is 4.79 Å². The first kappa shape index (κ1) is 17.1. The number of rotatable bonds is 8. The summed E-state index contributed by atoms with van der Waals surface area (Å²) < 4.78 is 2.25. The minimum atomic E-state index is 0.0697. The number of carbonyl (C=O) groups excluding carboxylic acids is 1. The minimum absolute atomic E-state index is 0.0697. The molecule has 0 saturated carbocycles. The zero-order valence-electron chi connectivity index (χ0n) is 14.1. The highest BCUT2D eigenvalue weighted by atomic mass is 32.1. The van der Waals surface area contributed by atoms with Crippen LogP contribution in [0.5, 0.6) is 0 Å². The van der Waals surface area contributed by atoms with Gasteiger partial charge in [0.1, 0.15) is 11.6 Å². The molecule has 1 aliphatic heterocycles. The number of carbonyl (C=O) groups is 1. The monoisotopic (exact) mass is 347 g/mol. The number of hydrogen-bond acceptors (Lipinski definition) is 5. The van der Waals surface area contributed by atoms with E-state index in [0.29, 0.717) is 19.0 Å². The third kappa shape index (κ3) is 4.42. The van der Waals surface area contributed by atoms with Crippen molar-refractivity contribution in [3.63, 3.8) is 0 Å². The van der Waals surface area contributed by atoms with E-state index in [4.69, 9.17) is 0 Å². The van der Waals surface area contributed by atoms with Crippen molar-refractivity contribution in [3.05, 3.63) is 34.0 Å². The Morgan fingerprint density at radius 2 is 2.38 bits per heavy atom. The van der Waals surface area contributed by atoms with E-state index in [1.807, 2.05) is 0 Å². The lowest BCUT2D eigenvalue weighted by Crippen LogP contribution is -2.38. The summed E-state index contributed by atoms with van der Waals surface area (Å²) in [5, 5.41) is 18.9. The predicted octanol–water partition coefficient (Wildman–Crippen LogP) is 1.41. The first-order valence-corrected chi connectivity index (χ1v) is 9.60. The summed E-state index contributed by atoms with van der Waals surface area (Å²) in [6.45, 7) is 5.01. The smallest absolute Gasteiger partial charge is 0.233 e. The molecule has 1 amide bonds. The van der Waals surface area contributed by atoms with Gasteiger partial charge >= 0.3 is 0 Å². The van der Waals surface area contributed by atoms with Gasteiger partial charge in [0.15, 0.2) is 0 Å². The fraction of sp³-hybridized carbons (Fsp3) is 0.588. The summed E-state index contributed by atoms with van der Waals surface area (Å²) in [5.41, 5.74) is 1.28. The van der Waals surface area contributed by atoms with Gasteiger partial charge in [0.25, 0.3) is 0 Å². The van der Waals surface area contributed by atoms with Crippen molar-refractivity contribution in [3.8, 4) is 0 Å². The molecule has 0 aromatic carbocycles. The summed E-state index contributed by atoms with van der Waals surface area (Å²) >= 11 is 1.69. The number of nitrogens with one attached hydrogen (secondary N) is 2. The average Bonchev–Trinajstić information content (AvgIpc) is 3.23. The number of aromatic nitrogens is 3. The van der Waals surface area contributed by atoms with Crippen LogP contribution in [0.1, 0.15) is 30.6 Å². The Hall–Kier alpha value is -1.73. The highest BCUT2D eigenvalue weighted by Crippen LogP contribution is 2.19. The largest absolute Gasteiger partial charge is 0.355 e. The van der Waals surface area contributed by atoms with Crippen LogP contribution in [0.4, 0.5) is 0 Å². The maximum Gasteiger partial charge on any atom is 0.233 e. The first-order chi connectivity index (χ1) is 11.8. The Morgan fingerprint density at radius 3 is 3.17 bits per heavy atom. The van der Waals surface area contributed by atoms with Crippen molar-refractivity contribution in [2.75, 3.05) is 19.6 Å². The van der Waals surface area contributed by atoms with Gasteiger partial charge in [-0.05, 0) is 41.1 Å². The SMILES string of the molecule is CCc1nnc2n1C[C@H](CNCC(=O)NCCc1ccsc1)CC2. The van der Waals surface area contributed by atoms with Crippen LogP contribution in [0.2, 0.25) is 0 Å². The molecule has 6 nitrogen and oxygen atoms in total. The van der Waals surface area contributed by atoms with Crippen molar-refractivity contribution < 1.29 is 4.79 Å². The normalized spacial score (nSPS) is 16.8. The van der Waals surface area contributed by atoms with E-state index in [0.717, 1.165) is 50.4 Å². The quantitative estimate of drug-likeness (QED) is 0.757. The number of fused-ring (bicyclic) bond motifs is 1. The van der Waals surface area contributed by atoms with Gasteiger partial charge in [-0.15, -0.1) is 10.2 Å². The fourth-order valence-electron chi connectivity index (χ4n) is 3.11. The van der Waals surface area contributed by atoms with E-state index in [1.54, 1.807) is 11.3 Å². The zero-order chi connectivity index (χ0) is 16.8. The number of thiophene rings is 1. The van der Waals surface area contributed by atoms with E-state index in [2.05, 4.69) is 49.1 Å². The Kier molecular flexibility index (Phi) is 5.98. The van der Waals surface area contributed by atoms with E-state index in [1.165, 1.54) is 5.56 Å². The molecule has 0 bridgehead atoms. The molecule has 1 aliphatic rings. The number of nitrogens with zero attached hydrogens (tertiary/aromatic N) is 3. The molecule has 3 heterocycles. The van der Waals surface area contributed by atoms with Crippen LogP contribution in [-0.2, 0) is 30.6 Å². The Morgan fingerprint density at radius 1 is 1.46 bits per heavy atom. The molecule has 0 fully saturated rings. The molecule has 2 aromatic heterocycles. The van der Waals surface area contributed by atoms with Crippen molar-refractivity contribution in [2.45, 2.75) is 39.2 Å². The summed E-state index contributed by atoms with van der Waals surface area (Å²) in [7, 11) is 0. The average molecular weight is 347 g/mol. The first-order valence-electron chi connectivity index (χ1n) is 8.65. The Bertz CT molecular complexity index is 638. The predicted molar refractivity (Wildman–Crippen MR) is 95.1 cm³/mol. The second kappa shape index (κ2) is 8.39. The lowest BCUT2D eigenvalue weighted by molar-refractivity contribution is -0.120. The van der Waals surface area contributed by atoms with Crippen LogP contribution < -0.4 is 10.6 Å². The molecule has 2 N–H and O–H groups in total. The summed E-state index contributed by atoms with van der Waals surface area (Å²) in [5.74, 6) is 2.79. The maximum atomic E-state index is 11.9. The molecule has 1 atom stereocenters. The van der Waals surface area contributed by atoms with Crippen molar-refractivity contribution in [1.29, 1.82) is 0 Å². The van der Waals surface area contributed by atoms with Gasteiger partial charge in [-0.25, -0.2) is 0 Å². The Balaban J connectivity index is 1.34. The van der Waals surface area contributed by atoms with Crippen LogP contribution in [0.15, 0.2) is 16.8 Å². The highest BCUT2D eigenvalue weighted by molar-refractivity contribution is 7.07.